The average molecular weight is 572 g/mol. The Morgan fingerprint density at radius 3 is 2.36 bits per heavy atom. The third kappa shape index (κ3) is 8.42. The molecular weight excluding hydrogens is 538 g/mol. The molecule has 1 saturated carbocycles. The first-order chi connectivity index (χ1) is 18.3. The second-order valence-corrected chi connectivity index (χ2v) is 11.7. The molecule has 1 atom stereocenters. The Balaban J connectivity index is 1.75. The monoisotopic (exact) mass is 571 g/mol. The molecule has 1 aliphatic rings. The summed E-state index contributed by atoms with van der Waals surface area (Å²) in [5, 5.41) is 2.94. The maximum atomic E-state index is 14.4. The van der Waals surface area contributed by atoms with E-state index in [2.05, 4.69) is 5.32 Å². The van der Waals surface area contributed by atoms with Crippen LogP contribution in [-0.2, 0) is 32.3 Å². The van der Waals surface area contributed by atoms with Crippen molar-refractivity contribution in [1.82, 2.24) is 10.2 Å². The summed E-state index contributed by atoms with van der Waals surface area (Å²) in [5.74, 6) is -1.41. The van der Waals surface area contributed by atoms with Crippen LogP contribution in [0, 0.1) is 5.82 Å². The minimum atomic E-state index is -4.66. The number of benzene rings is 2. The second-order valence-electron chi connectivity index (χ2n) is 9.77. The second kappa shape index (κ2) is 12.8. The van der Waals surface area contributed by atoms with Crippen LogP contribution in [0.25, 0.3) is 0 Å². The largest absolute Gasteiger partial charge is 0.416 e. The average Bonchev–Trinajstić information content (AvgIpc) is 3.37. The minimum Gasteiger partial charge on any atom is -0.352 e. The SMILES string of the molecule is C[C@H](C(=O)NC1CCCC1)N(Cc1ccccc1F)C(=O)CCCN(c1cccc(C(F)(F)F)c1)S(C)(=O)=O. The highest BCUT2D eigenvalue weighted by Crippen LogP contribution is 2.32. The molecule has 2 aromatic carbocycles. The summed E-state index contributed by atoms with van der Waals surface area (Å²) in [6, 6.07) is 8.91. The summed E-state index contributed by atoms with van der Waals surface area (Å²) in [6.45, 7) is 1.12. The normalized spacial score (nSPS) is 15.1. The van der Waals surface area contributed by atoms with Crippen molar-refractivity contribution in [2.45, 2.75) is 70.3 Å². The molecule has 2 aromatic rings. The number of carbonyl (C=O) groups excluding carboxylic acids is 2. The van der Waals surface area contributed by atoms with Crippen LogP contribution < -0.4 is 9.62 Å². The zero-order chi connectivity index (χ0) is 28.8. The lowest BCUT2D eigenvalue weighted by Gasteiger charge is -2.30. The molecule has 1 fully saturated rings. The van der Waals surface area contributed by atoms with Gasteiger partial charge in [0, 0.05) is 31.1 Å². The molecule has 0 aromatic heterocycles. The van der Waals surface area contributed by atoms with Crippen LogP contribution in [0.2, 0.25) is 0 Å². The van der Waals surface area contributed by atoms with Gasteiger partial charge in [0.2, 0.25) is 21.8 Å². The van der Waals surface area contributed by atoms with E-state index in [1.165, 1.54) is 29.2 Å². The summed E-state index contributed by atoms with van der Waals surface area (Å²) < 4.78 is 79.5. The van der Waals surface area contributed by atoms with Gasteiger partial charge >= 0.3 is 6.18 Å². The van der Waals surface area contributed by atoms with Crippen LogP contribution in [-0.4, -0.2) is 50.0 Å². The highest BCUT2D eigenvalue weighted by molar-refractivity contribution is 7.92. The lowest BCUT2D eigenvalue weighted by molar-refractivity contribution is -0.141. The van der Waals surface area contributed by atoms with Crippen molar-refractivity contribution in [2.24, 2.45) is 0 Å². The summed E-state index contributed by atoms with van der Waals surface area (Å²) in [6.07, 6.45) is -0.340. The zero-order valence-corrected chi connectivity index (χ0v) is 22.7. The van der Waals surface area contributed by atoms with Crippen molar-refractivity contribution in [3.05, 3.63) is 65.5 Å². The fourth-order valence-electron chi connectivity index (χ4n) is 4.63. The quantitative estimate of drug-likeness (QED) is 0.390. The van der Waals surface area contributed by atoms with Crippen LogP contribution in [0.5, 0.6) is 0 Å². The Morgan fingerprint density at radius 2 is 1.74 bits per heavy atom. The fraction of sp³-hybridized carbons (Fsp3) is 0.481. The fourth-order valence-corrected chi connectivity index (χ4v) is 5.58. The number of hydrogen-bond acceptors (Lipinski definition) is 4. The first kappa shape index (κ1) is 30.4. The highest BCUT2D eigenvalue weighted by Gasteiger charge is 2.32. The van der Waals surface area contributed by atoms with Gasteiger partial charge in [-0.2, -0.15) is 13.2 Å². The number of carbonyl (C=O) groups is 2. The van der Waals surface area contributed by atoms with Crippen LogP contribution in [0.4, 0.5) is 23.2 Å². The Morgan fingerprint density at radius 1 is 1.08 bits per heavy atom. The van der Waals surface area contributed by atoms with Crippen molar-refractivity contribution in [1.29, 1.82) is 0 Å². The standard InChI is InChI=1S/C27H33F4N3O4S/c1-19(26(36)32-22-11-4-5-12-22)33(18-20-9-3-6-14-24(20)28)25(35)15-8-16-34(39(2,37)38)23-13-7-10-21(17-23)27(29,30)31/h3,6-7,9-10,13-14,17,19,22H,4-5,8,11-12,15-16,18H2,1-2H3,(H,32,36)/t19-/m1/s1. The molecule has 7 nitrogen and oxygen atoms in total. The molecule has 0 aliphatic heterocycles. The number of anilines is 1. The summed E-state index contributed by atoms with van der Waals surface area (Å²) >= 11 is 0. The van der Waals surface area contributed by atoms with Gasteiger partial charge in [0.15, 0.2) is 0 Å². The number of alkyl halides is 3. The molecule has 12 heteroatoms. The zero-order valence-electron chi connectivity index (χ0n) is 21.9. The van der Waals surface area contributed by atoms with Gasteiger partial charge in [0.25, 0.3) is 0 Å². The molecular formula is C27H33F4N3O4S. The smallest absolute Gasteiger partial charge is 0.352 e. The molecule has 1 aliphatic carbocycles. The van der Waals surface area contributed by atoms with Crippen molar-refractivity contribution in [2.75, 3.05) is 17.1 Å². The molecule has 3 rings (SSSR count). The van der Waals surface area contributed by atoms with E-state index in [0.717, 1.165) is 54.4 Å². The predicted octanol–water partition coefficient (Wildman–Crippen LogP) is 4.87. The first-order valence-electron chi connectivity index (χ1n) is 12.8. The Kier molecular flexibility index (Phi) is 9.98. The van der Waals surface area contributed by atoms with Crippen LogP contribution in [0.15, 0.2) is 48.5 Å². The lowest BCUT2D eigenvalue weighted by atomic mass is 10.1. The summed E-state index contributed by atoms with van der Waals surface area (Å²) in [5.41, 5.74) is -0.955. The number of nitrogens with one attached hydrogen (secondary N) is 1. The van der Waals surface area contributed by atoms with E-state index in [0.29, 0.717) is 0 Å². The van der Waals surface area contributed by atoms with Gasteiger partial charge < -0.3 is 10.2 Å². The number of halogens is 4. The Labute approximate surface area is 226 Å². The van der Waals surface area contributed by atoms with Gasteiger partial charge in [-0.05, 0) is 50.5 Å². The molecule has 0 radical (unpaired) electrons. The minimum absolute atomic E-state index is 0.0149. The third-order valence-corrected chi connectivity index (χ3v) is 7.98. The number of nitrogens with zero attached hydrogens (tertiary/aromatic N) is 2. The van der Waals surface area contributed by atoms with Gasteiger partial charge in [-0.1, -0.05) is 37.1 Å². The third-order valence-electron chi connectivity index (χ3n) is 6.78. The van der Waals surface area contributed by atoms with E-state index in [1.807, 2.05) is 0 Å². The first-order valence-corrected chi connectivity index (χ1v) is 14.6. The number of rotatable bonds is 11. The molecule has 0 heterocycles. The number of amides is 2. The predicted molar refractivity (Wildman–Crippen MR) is 140 cm³/mol. The van der Waals surface area contributed by atoms with Crippen molar-refractivity contribution >= 4 is 27.5 Å². The summed E-state index contributed by atoms with van der Waals surface area (Å²) in [7, 11) is -3.97. The van der Waals surface area contributed by atoms with E-state index < -0.39 is 39.5 Å². The molecule has 39 heavy (non-hydrogen) atoms. The summed E-state index contributed by atoms with van der Waals surface area (Å²) in [4.78, 5) is 27.5. The van der Waals surface area contributed by atoms with Gasteiger partial charge in [0.05, 0.1) is 17.5 Å². The molecule has 0 unspecified atom stereocenters. The van der Waals surface area contributed by atoms with E-state index in [-0.39, 0.29) is 49.1 Å². The van der Waals surface area contributed by atoms with Crippen molar-refractivity contribution in [3.8, 4) is 0 Å². The molecule has 214 valence electrons. The van der Waals surface area contributed by atoms with E-state index >= 15 is 0 Å². The number of hydrogen-bond donors (Lipinski definition) is 1. The lowest BCUT2D eigenvalue weighted by Crippen LogP contribution is -2.49. The molecule has 0 bridgehead atoms. The topological polar surface area (TPSA) is 86.8 Å². The van der Waals surface area contributed by atoms with Gasteiger partial charge in [-0.3, -0.25) is 13.9 Å². The van der Waals surface area contributed by atoms with Crippen molar-refractivity contribution in [3.63, 3.8) is 0 Å². The van der Waals surface area contributed by atoms with Gasteiger partial charge in [-0.15, -0.1) is 0 Å². The van der Waals surface area contributed by atoms with Crippen LogP contribution in [0.1, 0.15) is 56.6 Å². The molecule has 0 saturated heterocycles. The van der Waals surface area contributed by atoms with E-state index in [1.54, 1.807) is 13.0 Å². The van der Waals surface area contributed by atoms with Crippen LogP contribution >= 0.6 is 0 Å². The molecule has 2 amide bonds. The number of sulfonamides is 1. The highest BCUT2D eigenvalue weighted by atomic mass is 32.2. The van der Waals surface area contributed by atoms with E-state index in [9.17, 15) is 35.6 Å². The Hall–Kier alpha value is -3.15. The van der Waals surface area contributed by atoms with Crippen molar-refractivity contribution < 1.29 is 35.6 Å². The maximum absolute atomic E-state index is 14.4. The maximum Gasteiger partial charge on any atom is 0.416 e. The van der Waals surface area contributed by atoms with Gasteiger partial charge in [0.1, 0.15) is 11.9 Å². The molecule has 1 N–H and O–H groups in total. The Bertz CT molecular complexity index is 1260. The van der Waals surface area contributed by atoms with E-state index in [4.69, 9.17) is 0 Å². The van der Waals surface area contributed by atoms with Gasteiger partial charge in [-0.25, -0.2) is 12.8 Å². The van der Waals surface area contributed by atoms with Crippen LogP contribution in [0.3, 0.4) is 0 Å². The molecule has 0 spiro atoms.